The lowest BCUT2D eigenvalue weighted by atomic mass is 10.2. The third-order valence-corrected chi connectivity index (χ3v) is 3.71. The molecule has 1 saturated carbocycles. The van der Waals surface area contributed by atoms with Crippen LogP contribution in [-0.2, 0) is 0 Å². The molecular formula is C12H11BrFN3O. The predicted octanol–water partition coefficient (Wildman–Crippen LogP) is 3.05. The first-order chi connectivity index (χ1) is 8.66. The Morgan fingerprint density at radius 1 is 1.44 bits per heavy atom. The van der Waals surface area contributed by atoms with Gasteiger partial charge in [0, 0.05) is 4.47 Å². The molecule has 3 rings (SSSR count). The lowest BCUT2D eigenvalue weighted by Gasteiger charge is -2.02. The zero-order chi connectivity index (χ0) is 12.7. The summed E-state index contributed by atoms with van der Waals surface area (Å²) in [6.07, 6.45) is 2.18. The predicted molar refractivity (Wildman–Crippen MR) is 67.0 cm³/mol. The first-order valence-corrected chi connectivity index (χ1v) is 6.49. The van der Waals surface area contributed by atoms with Gasteiger partial charge in [0.15, 0.2) is 5.82 Å². The summed E-state index contributed by atoms with van der Waals surface area (Å²) in [5.74, 6) is 0.632. The van der Waals surface area contributed by atoms with Crippen LogP contribution in [0.5, 0.6) is 0 Å². The molecule has 1 fully saturated rings. The van der Waals surface area contributed by atoms with E-state index in [4.69, 9.17) is 10.3 Å². The first-order valence-electron chi connectivity index (χ1n) is 5.70. The van der Waals surface area contributed by atoms with Crippen LogP contribution in [0.2, 0.25) is 0 Å². The standard InChI is InChI=1S/C12H11BrFN3O/c13-7-2-1-3-8(14)9(7)12-16-11(17-18-12)10(15)6-4-5-6/h1-3,6,10H,4-5,15H2. The maximum Gasteiger partial charge on any atom is 0.262 e. The van der Waals surface area contributed by atoms with Crippen LogP contribution in [0.1, 0.15) is 24.7 Å². The second kappa shape index (κ2) is 4.44. The van der Waals surface area contributed by atoms with E-state index < -0.39 is 5.82 Å². The van der Waals surface area contributed by atoms with Gasteiger partial charge < -0.3 is 10.3 Å². The molecule has 4 nitrogen and oxygen atoms in total. The first kappa shape index (κ1) is 11.8. The van der Waals surface area contributed by atoms with E-state index in [2.05, 4.69) is 26.1 Å². The fraction of sp³-hybridized carbons (Fsp3) is 0.333. The minimum atomic E-state index is -0.403. The van der Waals surface area contributed by atoms with Crippen LogP contribution in [0.4, 0.5) is 4.39 Å². The normalized spacial score (nSPS) is 16.8. The third-order valence-electron chi connectivity index (χ3n) is 3.05. The molecule has 1 heterocycles. The van der Waals surface area contributed by atoms with E-state index in [-0.39, 0.29) is 17.5 Å². The zero-order valence-electron chi connectivity index (χ0n) is 9.44. The number of halogens is 2. The zero-order valence-corrected chi connectivity index (χ0v) is 11.0. The molecule has 2 aromatic rings. The molecule has 0 spiro atoms. The topological polar surface area (TPSA) is 64.9 Å². The Balaban J connectivity index is 1.97. The van der Waals surface area contributed by atoms with Crippen molar-refractivity contribution >= 4 is 15.9 Å². The molecule has 0 bridgehead atoms. The maximum atomic E-state index is 13.7. The molecule has 6 heteroatoms. The van der Waals surface area contributed by atoms with Gasteiger partial charge in [-0.2, -0.15) is 4.98 Å². The van der Waals surface area contributed by atoms with Gasteiger partial charge >= 0.3 is 0 Å². The maximum absolute atomic E-state index is 13.7. The van der Waals surface area contributed by atoms with Crippen molar-refractivity contribution in [3.8, 4) is 11.5 Å². The number of hydrogen-bond donors (Lipinski definition) is 1. The van der Waals surface area contributed by atoms with E-state index in [0.29, 0.717) is 16.2 Å². The van der Waals surface area contributed by atoms with Crippen molar-refractivity contribution in [2.75, 3.05) is 0 Å². The van der Waals surface area contributed by atoms with Gasteiger partial charge in [-0.25, -0.2) is 4.39 Å². The summed E-state index contributed by atoms with van der Waals surface area (Å²) in [5.41, 5.74) is 6.25. The van der Waals surface area contributed by atoms with Gasteiger partial charge in [-0.05, 0) is 46.8 Å². The van der Waals surface area contributed by atoms with Crippen molar-refractivity contribution in [2.24, 2.45) is 11.7 Å². The van der Waals surface area contributed by atoms with Gasteiger partial charge in [0.1, 0.15) is 5.82 Å². The number of aromatic nitrogens is 2. The third kappa shape index (κ3) is 2.06. The van der Waals surface area contributed by atoms with Crippen molar-refractivity contribution in [1.82, 2.24) is 10.1 Å². The monoisotopic (exact) mass is 311 g/mol. The number of benzene rings is 1. The molecule has 1 atom stereocenters. The molecule has 1 aromatic carbocycles. The van der Waals surface area contributed by atoms with Crippen LogP contribution in [0.25, 0.3) is 11.5 Å². The Morgan fingerprint density at radius 2 is 2.22 bits per heavy atom. The van der Waals surface area contributed by atoms with Crippen LogP contribution in [0, 0.1) is 11.7 Å². The van der Waals surface area contributed by atoms with Gasteiger partial charge in [0.25, 0.3) is 5.89 Å². The van der Waals surface area contributed by atoms with Crippen molar-refractivity contribution in [2.45, 2.75) is 18.9 Å². The molecule has 1 unspecified atom stereocenters. The smallest absolute Gasteiger partial charge is 0.262 e. The lowest BCUT2D eigenvalue weighted by Crippen LogP contribution is -2.13. The Kier molecular flexibility index (Phi) is 2.91. The molecule has 18 heavy (non-hydrogen) atoms. The summed E-state index contributed by atoms with van der Waals surface area (Å²) < 4.78 is 19.4. The number of hydrogen-bond acceptors (Lipinski definition) is 4. The number of rotatable bonds is 3. The number of nitrogens with zero attached hydrogens (tertiary/aromatic N) is 2. The summed E-state index contributed by atoms with van der Waals surface area (Å²) >= 11 is 3.27. The Morgan fingerprint density at radius 3 is 2.89 bits per heavy atom. The Bertz CT molecular complexity index is 562. The summed E-state index contributed by atoms with van der Waals surface area (Å²) in [5, 5.41) is 3.84. The van der Waals surface area contributed by atoms with Gasteiger partial charge in [0.05, 0.1) is 11.6 Å². The molecule has 0 saturated heterocycles. The average Bonchev–Trinajstić information content (AvgIpc) is 3.08. The van der Waals surface area contributed by atoms with E-state index >= 15 is 0 Å². The highest BCUT2D eigenvalue weighted by Crippen LogP contribution is 2.39. The summed E-state index contributed by atoms with van der Waals surface area (Å²) in [6, 6.07) is 4.47. The minimum absolute atomic E-state index is 0.158. The molecule has 94 valence electrons. The molecule has 2 N–H and O–H groups in total. The second-order valence-electron chi connectivity index (χ2n) is 4.42. The van der Waals surface area contributed by atoms with Crippen molar-refractivity contribution in [3.05, 3.63) is 34.3 Å². The Labute approximate surface area is 112 Å². The highest BCUT2D eigenvalue weighted by atomic mass is 79.9. The van der Waals surface area contributed by atoms with Crippen LogP contribution < -0.4 is 5.73 Å². The van der Waals surface area contributed by atoms with Crippen molar-refractivity contribution in [3.63, 3.8) is 0 Å². The fourth-order valence-corrected chi connectivity index (χ4v) is 2.35. The molecule has 0 amide bonds. The van der Waals surface area contributed by atoms with Crippen molar-refractivity contribution < 1.29 is 8.91 Å². The highest BCUT2D eigenvalue weighted by molar-refractivity contribution is 9.10. The van der Waals surface area contributed by atoms with Gasteiger partial charge in [-0.15, -0.1) is 0 Å². The summed E-state index contributed by atoms with van der Waals surface area (Å²) in [6.45, 7) is 0. The van der Waals surface area contributed by atoms with E-state index in [1.165, 1.54) is 6.07 Å². The van der Waals surface area contributed by atoms with E-state index in [0.717, 1.165) is 12.8 Å². The van der Waals surface area contributed by atoms with Gasteiger partial charge in [-0.3, -0.25) is 0 Å². The Hall–Kier alpha value is -1.27. The average molecular weight is 312 g/mol. The SMILES string of the molecule is NC(c1noc(-c2c(F)cccc2Br)n1)C1CC1. The van der Waals surface area contributed by atoms with E-state index in [9.17, 15) is 4.39 Å². The van der Waals surface area contributed by atoms with E-state index in [1.54, 1.807) is 12.1 Å². The highest BCUT2D eigenvalue weighted by Gasteiger charge is 2.33. The van der Waals surface area contributed by atoms with Crippen molar-refractivity contribution in [1.29, 1.82) is 0 Å². The molecular weight excluding hydrogens is 301 g/mol. The van der Waals surface area contributed by atoms with Crippen LogP contribution in [0.15, 0.2) is 27.2 Å². The fourth-order valence-electron chi connectivity index (χ4n) is 1.84. The molecule has 0 radical (unpaired) electrons. The van der Waals surface area contributed by atoms with Crippen LogP contribution in [0.3, 0.4) is 0 Å². The van der Waals surface area contributed by atoms with Crippen LogP contribution in [-0.4, -0.2) is 10.1 Å². The van der Waals surface area contributed by atoms with Gasteiger partial charge in [-0.1, -0.05) is 11.2 Å². The largest absolute Gasteiger partial charge is 0.334 e. The second-order valence-corrected chi connectivity index (χ2v) is 5.27. The number of nitrogens with two attached hydrogens (primary N) is 1. The molecule has 1 aromatic heterocycles. The quantitative estimate of drug-likeness (QED) is 0.946. The summed E-state index contributed by atoms with van der Waals surface area (Å²) in [4.78, 5) is 4.19. The molecule has 1 aliphatic carbocycles. The minimum Gasteiger partial charge on any atom is -0.334 e. The van der Waals surface area contributed by atoms with Crippen LogP contribution >= 0.6 is 15.9 Å². The summed E-state index contributed by atoms with van der Waals surface area (Å²) in [7, 11) is 0. The van der Waals surface area contributed by atoms with Gasteiger partial charge in [0.2, 0.25) is 0 Å². The lowest BCUT2D eigenvalue weighted by molar-refractivity contribution is 0.409. The molecule has 1 aliphatic rings. The molecule has 0 aliphatic heterocycles. The van der Waals surface area contributed by atoms with E-state index in [1.807, 2.05) is 0 Å².